The molecule has 0 spiro atoms. The van der Waals surface area contributed by atoms with Crippen LogP contribution in [-0.2, 0) is 0 Å². The third-order valence-corrected chi connectivity index (χ3v) is 3.56. The first-order valence-electron chi connectivity index (χ1n) is 7.38. The van der Waals surface area contributed by atoms with Crippen LogP contribution in [0.3, 0.4) is 0 Å². The Bertz CT molecular complexity index is 441. The molecule has 0 atom stereocenters. The molecule has 5 heteroatoms. The zero-order valence-corrected chi connectivity index (χ0v) is 14.5. The van der Waals surface area contributed by atoms with Gasteiger partial charge in [-0.3, -0.25) is 4.90 Å². The number of anilines is 1. The van der Waals surface area contributed by atoms with Crippen LogP contribution in [0.5, 0.6) is 5.75 Å². The first-order valence-corrected chi connectivity index (χ1v) is 7.79. The highest BCUT2D eigenvalue weighted by molar-refractivity contribution is 7.80. The minimum absolute atomic E-state index is 0.534. The Labute approximate surface area is 133 Å². The van der Waals surface area contributed by atoms with Crippen LogP contribution in [0.25, 0.3) is 0 Å². The molecular weight excluding hydrogens is 282 g/mol. The van der Waals surface area contributed by atoms with E-state index in [1.807, 2.05) is 24.3 Å². The van der Waals surface area contributed by atoms with Crippen LogP contribution < -0.4 is 15.4 Å². The molecule has 0 unspecified atom stereocenters. The lowest BCUT2D eigenvalue weighted by molar-refractivity contribution is 0.178. The summed E-state index contributed by atoms with van der Waals surface area (Å²) >= 11 is 5.32. The lowest BCUT2D eigenvalue weighted by atomic mass is 10.2. The SMILES string of the molecule is COc1cccc(NC(=S)NCCN(C(C)C)C(C)C)c1. The number of nitrogens with one attached hydrogen (secondary N) is 2. The van der Waals surface area contributed by atoms with Crippen molar-refractivity contribution >= 4 is 23.0 Å². The first kappa shape index (κ1) is 17.7. The highest BCUT2D eigenvalue weighted by atomic mass is 32.1. The van der Waals surface area contributed by atoms with Crippen LogP contribution in [0.2, 0.25) is 0 Å². The predicted octanol–water partition coefficient (Wildman–Crippen LogP) is 3.10. The van der Waals surface area contributed by atoms with Gasteiger partial charge in [0.05, 0.1) is 7.11 Å². The molecular formula is C16H27N3OS. The highest BCUT2D eigenvalue weighted by Gasteiger charge is 2.12. The summed E-state index contributed by atoms with van der Waals surface area (Å²) in [5, 5.41) is 7.05. The summed E-state index contributed by atoms with van der Waals surface area (Å²) in [5.74, 6) is 0.814. The van der Waals surface area contributed by atoms with Crippen LogP contribution in [-0.4, -0.2) is 42.3 Å². The molecule has 0 aliphatic heterocycles. The van der Waals surface area contributed by atoms with E-state index in [4.69, 9.17) is 17.0 Å². The van der Waals surface area contributed by atoms with E-state index in [0.29, 0.717) is 17.2 Å². The van der Waals surface area contributed by atoms with Crippen molar-refractivity contribution in [1.29, 1.82) is 0 Å². The monoisotopic (exact) mass is 309 g/mol. The number of nitrogens with zero attached hydrogens (tertiary/aromatic N) is 1. The molecule has 0 amide bonds. The van der Waals surface area contributed by atoms with Gasteiger partial charge in [0.2, 0.25) is 0 Å². The zero-order chi connectivity index (χ0) is 15.8. The Morgan fingerprint density at radius 2 is 1.90 bits per heavy atom. The summed E-state index contributed by atoms with van der Waals surface area (Å²) in [7, 11) is 1.65. The van der Waals surface area contributed by atoms with Gasteiger partial charge in [-0.05, 0) is 52.0 Å². The molecule has 118 valence electrons. The Hall–Kier alpha value is -1.33. The summed E-state index contributed by atoms with van der Waals surface area (Å²) < 4.78 is 5.19. The molecule has 0 saturated heterocycles. The van der Waals surface area contributed by atoms with Crippen molar-refractivity contribution in [2.75, 3.05) is 25.5 Å². The van der Waals surface area contributed by atoms with Crippen LogP contribution in [0, 0.1) is 0 Å². The van der Waals surface area contributed by atoms with Gasteiger partial charge in [0.15, 0.2) is 5.11 Å². The maximum atomic E-state index is 5.32. The fourth-order valence-electron chi connectivity index (χ4n) is 2.29. The van der Waals surface area contributed by atoms with Gasteiger partial charge in [-0.15, -0.1) is 0 Å². The van der Waals surface area contributed by atoms with Crippen molar-refractivity contribution in [3.63, 3.8) is 0 Å². The zero-order valence-electron chi connectivity index (χ0n) is 13.6. The van der Waals surface area contributed by atoms with Gasteiger partial charge in [-0.2, -0.15) is 0 Å². The van der Waals surface area contributed by atoms with E-state index < -0.39 is 0 Å². The molecule has 0 heterocycles. The van der Waals surface area contributed by atoms with Crippen LogP contribution in [0.4, 0.5) is 5.69 Å². The van der Waals surface area contributed by atoms with Crippen molar-refractivity contribution in [1.82, 2.24) is 10.2 Å². The normalized spacial score (nSPS) is 11.0. The average Bonchev–Trinajstić information content (AvgIpc) is 2.42. The third kappa shape index (κ3) is 6.31. The number of benzene rings is 1. The summed E-state index contributed by atoms with van der Waals surface area (Å²) in [6, 6.07) is 8.79. The van der Waals surface area contributed by atoms with E-state index in [9.17, 15) is 0 Å². The van der Waals surface area contributed by atoms with Gasteiger partial charge in [0.1, 0.15) is 5.75 Å². The number of hydrogen-bond donors (Lipinski definition) is 2. The average molecular weight is 309 g/mol. The van der Waals surface area contributed by atoms with E-state index in [1.54, 1.807) is 7.11 Å². The molecule has 0 fully saturated rings. The second kappa shape index (κ2) is 8.85. The van der Waals surface area contributed by atoms with Gasteiger partial charge in [0, 0.05) is 36.9 Å². The summed E-state index contributed by atoms with van der Waals surface area (Å²) in [4.78, 5) is 2.43. The van der Waals surface area contributed by atoms with Crippen LogP contribution in [0.15, 0.2) is 24.3 Å². The molecule has 0 saturated carbocycles. The van der Waals surface area contributed by atoms with E-state index in [1.165, 1.54) is 0 Å². The lowest BCUT2D eigenvalue weighted by Gasteiger charge is -2.30. The molecule has 1 rings (SSSR count). The minimum Gasteiger partial charge on any atom is -0.497 e. The molecule has 1 aromatic rings. The maximum absolute atomic E-state index is 5.32. The molecule has 0 aromatic heterocycles. The fraction of sp³-hybridized carbons (Fsp3) is 0.562. The van der Waals surface area contributed by atoms with Crippen molar-refractivity contribution in [2.45, 2.75) is 39.8 Å². The molecule has 0 bridgehead atoms. The van der Waals surface area contributed by atoms with Gasteiger partial charge in [-0.1, -0.05) is 6.07 Å². The molecule has 0 aliphatic rings. The van der Waals surface area contributed by atoms with E-state index >= 15 is 0 Å². The number of hydrogen-bond acceptors (Lipinski definition) is 3. The van der Waals surface area contributed by atoms with Gasteiger partial charge < -0.3 is 15.4 Å². The maximum Gasteiger partial charge on any atom is 0.170 e. The molecule has 4 nitrogen and oxygen atoms in total. The number of ether oxygens (including phenoxy) is 1. The summed E-state index contributed by atoms with van der Waals surface area (Å²) in [5.41, 5.74) is 0.927. The Kier molecular flexibility index (Phi) is 7.47. The smallest absolute Gasteiger partial charge is 0.170 e. The van der Waals surface area contributed by atoms with Crippen molar-refractivity contribution in [3.05, 3.63) is 24.3 Å². The number of thiocarbonyl (C=S) groups is 1. The lowest BCUT2D eigenvalue weighted by Crippen LogP contribution is -2.43. The first-order chi connectivity index (χ1) is 9.93. The Balaban J connectivity index is 2.40. The summed E-state index contributed by atoms with van der Waals surface area (Å²) in [6.07, 6.45) is 0. The van der Waals surface area contributed by atoms with Crippen LogP contribution >= 0.6 is 12.2 Å². The topological polar surface area (TPSA) is 36.5 Å². The second-order valence-corrected chi connectivity index (χ2v) is 5.95. The number of methoxy groups -OCH3 is 1. The summed E-state index contributed by atoms with van der Waals surface area (Å²) in [6.45, 7) is 10.7. The fourth-order valence-corrected chi connectivity index (χ4v) is 2.51. The molecule has 21 heavy (non-hydrogen) atoms. The standard InChI is InChI=1S/C16H27N3OS/c1-12(2)19(13(3)4)10-9-17-16(21)18-14-7-6-8-15(11-14)20-5/h6-8,11-13H,9-10H2,1-5H3,(H2,17,18,21). The quantitative estimate of drug-likeness (QED) is 0.757. The van der Waals surface area contributed by atoms with Crippen molar-refractivity contribution in [2.24, 2.45) is 0 Å². The predicted molar refractivity (Wildman–Crippen MR) is 94.2 cm³/mol. The third-order valence-electron chi connectivity index (χ3n) is 3.31. The minimum atomic E-state index is 0.534. The van der Waals surface area contributed by atoms with E-state index in [2.05, 4.69) is 43.2 Å². The molecule has 2 N–H and O–H groups in total. The number of rotatable bonds is 7. The molecule has 1 aromatic carbocycles. The largest absolute Gasteiger partial charge is 0.497 e. The Morgan fingerprint density at radius 3 is 2.48 bits per heavy atom. The molecule has 0 aliphatic carbocycles. The van der Waals surface area contributed by atoms with Gasteiger partial charge >= 0.3 is 0 Å². The Morgan fingerprint density at radius 1 is 1.24 bits per heavy atom. The van der Waals surface area contributed by atoms with Crippen molar-refractivity contribution < 1.29 is 4.74 Å². The van der Waals surface area contributed by atoms with E-state index in [0.717, 1.165) is 24.5 Å². The highest BCUT2D eigenvalue weighted by Crippen LogP contribution is 2.16. The van der Waals surface area contributed by atoms with Crippen LogP contribution in [0.1, 0.15) is 27.7 Å². The molecule has 0 radical (unpaired) electrons. The van der Waals surface area contributed by atoms with Gasteiger partial charge in [-0.25, -0.2) is 0 Å². The van der Waals surface area contributed by atoms with Gasteiger partial charge in [0.25, 0.3) is 0 Å². The van der Waals surface area contributed by atoms with Crippen molar-refractivity contribution in [3.8, 4) is 5.75 Å². The second-order valence-electron chi connectivity index (χ2n) is 5.54. The van der Waals surface area contributed by atoms with E-state index in [-0.39, 0.29) is 0 Å².